The number of carbonyl (C=O) groups excluding carboxylic acids is 1. The van der Waals surface area contributed by atoms with Gasteiger partial charge in [-0.2, -0.15) is 4.52 Å². The van der Waals surface area contributed by atoms with Crippen LogP contribution >= 0.6 is 0 Å². The number of hydrogen-bond acceptors (Lipinski definition) is 6. The summed E-state index contributed by atoms with van der Waals surface area (Å²) in [6.07, 6.45) is 3.39. The highest BCUT2D eigenvalue weighted by molar-refractivity contribution is 6.04. The zero-order valence-electron chi connectivity index (χ0n) is 12.7. The maximum absolute atomic E-state index is 12.4. The third kappa shape index (κ3) is 2.58. The van der Waals surface area contributed by atoms with E-state index < -0.39 is 0 Å². The first-order valence-corrected chi connectivity index (χ1v) is 7.15. The van der Waals surface area contributed by atoms with Crippen molar-refractivity contribution in [2.75, 3.05) is 5.32 Å². The third-order valence-electron chi connectivity index (χ3n) is 3.47. The lowest BCUT2D eigenvalue weighted by Gasteiger charge is -2.06. The van der Waals surface area contributed by atoms with Gasteiger partial charge >= 0.3 is 0 Å². The highest BCUT2D eigenvalue weighted by atomic mass is 16.1. The molecular formula is C15H12N8O. The zero-order chi connectivity index (χ0) is 16.5. The standard InChI is InChI=1S/C15H12N8O/c1-22-9-13(17-20-22)10-3-2-4-12(7-10)16-15(24)11-5-6-14-18-19-21-23(14)8-11/h2-9H,1H3,(H,16,24). The number of hydrogen-bond donors (Lipinski definition) is 1. The summed E-state index contributed by atoms with van der Waals surface area (Å²) in [6, 6.07) is 10.8. The molecule has 1 aromatic carbocycles. The second-order valence-corrected chi connectivity index (χ2v) is 5.21. The Kier molecular flexibility index (Phi) is 3.23. The number of nitrogens with zero attached hydrogens (tertiary/aromatic N) is 7. The highest BCUT2D eigenvalue weighted by Gasteiger charge is 2.10. The smallest absolute Gasteiger partial charge is 0.257 e. The summed E-state index contributed by atoms with van der Waals surface area (Å²) < 4.78 is 3.08. The van der Waals surface area contributed by atoms with Gasteiger partial charge in [0.1, 0.15) is 5.69 Å². The SMILES string of the molecule is Cn1cc(-c2cccc(NC(=O)c3ccc4nnnn4c3)c2)nn1. The lowest BCUT2D eigenvalue weighted by molar-refractivity contribution is 0.102. The van der Waals surface area contributed by atoms with E-state index >= 15 is 0 Å². The lowest BCUT2D eigenvalue weighted by Crippen LogP contribution is -2.12. The molecule has 1 amide bonds. The molecule has 0 aliphatic carbocycles. The Bertz CT molecular complexity index is 1030. The van der Waals surface area contributed by atoms with Gasteiger partial charge < -0.3 is 5.32 Å². The van der Waals surface area contributed by atoms with E-state index in [0.29, 0.717) is 16.9 Å². The number of benzene rings is 1. The van der Waals surface area contributed by atoms with E-state index in [1.165, 1.54) is 4.52 Å². The fraction of sp³-hybridized carbons (Fsp3) is 0.0667. The minimum Gasteiger partial charge on any atom is -0.322 e. The molecule has 0 radical (unpaired) electrons. The minimum atomic E-state index is -0.247. The van der Waals surface area contributed by atoms with Crippen LogP contribution in [0.1, 0.15) is 10.4 Å². The van der Waals surface area contributed by atoms with Gasteiger partial charge in [0.05, 0.1) is 11.8 Å². The van der Waals surface area contributed by atoms with Gasteiger partial charge in [-0.3, -0.25) is 9.48 Å². The highest BCUT2D eigenvalue weighted by Crippen LogP contribution is 2.20. The van der Waals surface area contributed by atoms with Crippen molar-refractivity contribution in [3.8, 4) is 11.3 Å². The molecule has 0 atom stereocenters. The first kappa shape index (κ1) is 14.0. The maximum Gasteiger partial charge on any atom is 0.257 e. The van der Waals surface area contributed by atoms with E-state index in [2.05, 4.69) is 31.2 Å². The van der Waals surface area contributed by atoms with Gasteiger partial charge in [-0.05, 0) is 34.7 Å². The van der Waals surface area contributed by atoms with Crippen molar-refractivity contribution >= 4 is 17.2 Å². The van der Waals surface area contributed by atoms with Crippen molar-refractivity contribution in [1.29, 1.82) is 0 Å². The van der Waals surface area contributed by atoms with Crippen molar-refractivity contribution in [2.45, 2.75) is 0 Å². The third-order valence-corrected chi connectivity index (χ3v) is 3.47. The number of aryl methyl sites for hydroxylation is 1. The summed E-state index contributed by atoms with van der Waals surface area (Å²) in [4.78, 5) is 12.4. The van der Waals surface area contributed by atoms with Crippen molar-refractivity contribution < 1.29 is 4.79 Å². The molecular weight excluding hydrogens is 308 g/mol. The van der Waals surface area contributed by atoms with Gasteiger partial charge in [0.25, 0.3) is 5.91 Å². The number of carbonyl (C=O) groups is 1. The van der Waals surface area contributed by atoms with E-state index in [9.17, 15) is 4.79 Å². The Hall–Kier alpha value is -3.62. The van der Waals surface area contributed by atoms with Crippen LogP contribution in [0.25, 0.3) is 16.9 Å². The van der Waals surface area contributed by atoms with Gasteiger partial charge in [-0.15, -0.1) is 10.2 Å². The molecule has 3 heterocycles. The van der Waals surface area contributed by atoms with Gasteiger partial charge in [-0.1, -0.05) is 17.3 Å². The molecule has 0 bridgehead atoms. The molecule has 4 rings (SSSR count). The summed E-state index contributed by atoms with van der Waals surface area (Å²) in [5.74, 6) is -0.247. The Balaban J connectivity index is 1.59. The molecule has 0 aliphatic rings. The molecule has 0 spiro atoms. The van der Waals surface area contributed by atoms with Gasteiger partial charge in [0.2, 0.25) is 0 Å². The number of fused-ring (bicyclic) bond motifs is 1. The minimum absolute atomic E-state index is 0.247. The average molecular weight is 320 g/mol. The number of tetrazole rings is 1. The number of aromatic nitrogens is 7. The number of anilines is 1. The lowest BCUT2D eigenvalue weighted by atomic mass is 10.1. The molecule has 9 nitrogen and oxygen atoms in total. The van der Waals surface area contributed by atoms with Crippen molar-refractivity contribution in [3.63, 3.8) is 0 Å². The monoisotopic (exact) mass is 320 g/mol. The van der Waals surface area contributed by atoms with Crippen LogP contribution < -0.4 is 5.32 Å². The van der Waals surface area contributed by atoms with Crippen molar-refractivity contribution in [3.05, 3.63) is 54.4 Å². The number of amides is 1. The van der Waals surface area contributed by atoms with Gasteiger partial charge in [0.15, 0.2) is 5.65 Å². The quantitative estimate of drug-likeness (QED) is 0.608. The Labute approximate surface area is 135 Å². The molecule has 0 saturated heterocycles. The van der Waals surface area contributed by atoms with E-state index in [1.54, 1.807) is 30.1 Å². The van der Waals surface area contributed by atoms with Crippen LogP contribution in [0.15, 0.2) is 48.8 Å². The summed E-state index contributed by atoms with van der Waals surface area (Å²) in [5, 5.41) is 22.0. The summed E-state index contributed by atoms with van der Waals surface area (Å²) in [5.41, 5.74) is 3.32. The summed E-state index contributed by atoms with van der Waals surface area (Å²) >= 11 is 0. The van der Waals surface area contributed by atoms with Gasteiger partial charge in [-0.25, -0.2) is 0 Å². The molecule has 118 valence electrons. The molecule has 3 aromatic heterocycles. The van der Waals surface area contributed by atoms with Gasteiger partial charge in [0, 0.05) is 24.5 Å². The van der Waals surface area contributed by atoms with Crippen LogP contribution in [-0.2, 0) is 7.05 Å². The Morgan fingerprint density at radius 3 is 2.83 bits per heavy atom. The molecule has 4 aromatic rings. The van der Waals surface area contributed by atoms with Crippen LogP contribution in [0, 0.1) is 0 Å². The number of nitrogens with one attached hydrogen (secondary N) is 1. The second-order valence-electron chi connectivity index (χ2n) is 5.21. The summed E-state index contributed by atoms with van der Waals surface area (Å²) in [6.45, 7) is 0. The molecule has 0 unspecified atom stereocenters. The topological polar surface area (TPSA) is 103 Å². The zero-order valence-corrected chi connectivity index (χ0v) is 12.7. The van der Waals surface area contributed by atoms with E-state index in [4.69, 9.17) is 0 Å². The number of rotatable bonds is 3. The van der Waals surface area contributed by atoms with E-state index in [0.717, 1.165) is 11.3 Å². The average Bonchev–Trinajstić information content (AvgIpc) is 3.23. The normalized spacial score (nSPS) is 10.9. The van der Waals surface area contributed by atoms with E-state index in [1.807, 2.05) is 30.5 Å². The molecule has 9 heteroatoms. The molecule has 1 N–H and O–H groups in total. The van der Waals surface area contributed by atoms with Crippen LogP contribution in [0.3, 0.4) is 0 Å². The van der Waals surface area contributed by atoms with Crippen molar-refractivity contribution in [2.24, 2.45) is 7.05 Å². The van der Waals surface area contributed by atoms with Crippen LogP contribution in [0.4, 0.5) is 5.69 Å². The largest absolute Gasteiger partial charge is 0.322 e. The molecule has 0 saturated carbocycles. The Morgan fingerprint density at radius 2 is 2.00 bits per heavy atom. The predicted octanol–water partition coefficient (Wildman–Crippen LogP) is 1.17. The molecule has 0 aliphatic heterocycles. The van der Waals surface area contributed by atoms with Crippen LogP contribution in [0.5, 0.6) is 0 Å². The molecule has 0 fully saturated rings. The predicted molar refractivity (Wildman–Crippen MR) is 85.2 cm³/mol. The maximum atomic E-state index is 12.4. The fourth-order valence-electron chi connectivity index (χ4n) is 2.31. The Morgan fingerprint density at radius 1 is 1.08 bits per heavy atom. The summed E-state index contributed by atoms with van der Waals surface area (Å²) in [7, 11) is 1.80. The first-order chi connectivity index (χ1) is 11.7. The number of pyridine rings is 1. The van der Waals surface area contributed by atoms with Crippen LogP contribution in [-0.4, -0.2) is 40.9 Å². The van der Waals surface area contributed by atoms with E-state index in [-0.39, 0.29) is 5.91 Å². The fourth-order valence-corrected chi connectivity index (χ4v) is 2.31. The van der Waals surface area contributed by atoms with Crippen LogP contribution in [0.2, 0.25) is 0 Å². The molecule has 24 heavy (non-hydrogen) atoms. The van der Waals surface area contributed by atoms with Crippen molar-refractivity contribution in [1.82, 2.24) is 35.0 Å². The second kappa shape index (κ2) is 5.54. The first-order valence-electron chi connectivity index (χ1n) is 7.15.